The van der Waals surface area contributed by atoms with E-state index in [0.29, 0.717) is 15.1 Å². The van der Waals surface area contributed by atoms with Crippen LogP contribution < -0.4 is 5.32 Å². The molecule has 0 aliphatic carbocycles. The van der Waals surface area contributed by atoms with Gasteiger partial charge in [-0.15, -0.1) is 0 Å². The molecule has 1 amide bonds. The van der Waals surface area contributed by atoms with Gasteiger partial charge in [-0.25, -0.2) is 4.79 Å². The lowest BCUT2D eigenvalue weighted by atomic mass is 9.86. The average Bonchev–Trinajstić information content (AvgIpc) is 2.27. The number of rotatable bonds is 3. The molecule has 4 nitrogen and oxygen atoms in total. The summed E-state index contributed by atoms with van der Waals surface area (Å²) in [7, 11) is 0. The molecule has 104 valence electrons. The second-order valence-electron chi connectivity index (χ2n) is 5.24. The number of aliphatic carboxylic acids is 1. The molecule has 0 spiro atoms. The first kappa shape index (κ1) is 16.0. The Morgan fingerprint density at radius 3 is 2.37 bits per heavy atom. The molecule has 0 fully saturated rings. The highest BCUT2D eigenvalue weighted by molar-refractivity contribution is 9.10. The third-order valence-corrected chi connectivity index (χ3v) is 3.80. The van der Waals surface area contributed by atoms with Crippen molar-refractivity contribution in [1.82, 2.24) is 5.32 Å². The van der Waals surface area contributed by atoms with Gasteiger partial charge in [0.25, 0.3) is 5.91 Å². The van der Waals surface area contributed by atoms with E-state index < -0.39 is 23.3 Å². The Bertz CT molecular complexity index is 511. The average molecular weight is 349 g/mol. The second kappa shape index (κ2) is 5.92. The quantitative estimate of drug-likeness (QED) is 0.880. The van der Waals surface area contributed by atoms with Gasteiger partial charge in [0.2, 0.25) is 0 Å². The normalized spacial score (nSPS) is 12.9. The maximum absolute atomic E-state index is 12.0. The Labute approximate surface area is 125 Å². The van der Waals surface area contributed by atoms with Gasteiger partial charge in [-0.05, 0) is 39.5 Å². The number of nitrogens with one attached hydrogen (secondary N) is 1. The van der Waals surface area contributed by atoms with Gasteiger partial charge < -0.3 is 10.4 Å². The minimum absolute atomic E-state index is 0.323. The van der Waals surface area contributed by atoms with Gasteiger partial charge >= 0.3 is 5.97 Å². The first-order valence-corrected chi connectivity index (χ1v) is 6.78. The van der Waals surface area contributed by atoms with Crippen LogP contribution in [0.1, 0.15) is 31.1 Å². The molecule has 0 saturated carbocycles. The number of amides is 1. The number of hydrogen-bond acceptors (Lipinski definition) is 2. The number of carboxylic acid groups (broad SMARTS) is 1. The molecule has 0 unspecified atom stereocenters. The number of carboxylic acids is 1. The largest absolute Gasteiger partial charge is 0.480 e. The topological polar surface area (TPSA) is 66.4 Å². The molecule has 1 rings (SSSR count). The van der Waals surface area contributed by atoms with Crippen molar-refractivity contribution >= 4 is 39.4 Å². The van der Waals surface area contributed by atoms with E-state index in [0.717, 1.165) is 0 Å². The summed E-state index contributed by atoms with van der Waals surface area (Å²) in [6, 6.07) is 3.74. The van der Waals surface area contributed by atoms with Crippen LogP contribution in [0.3, 0.4) is 0 Å². The lowest BCUT2D eigenvalue weighted by molar-refractivity contribution is -0.142. The minimum atomic E-state index is -1.07. The first-order valence-electron chi connectivity index (χ1n) is 5.61. The Morgan fingerprint density at radius 2 is 1.95 bits per heavy atom. The van der Waals surface area contributed by atoms with Gasteiger partial charge in [0.1, 0.15) is 6.04 Å². The van der Waals surface area contributed by atoms with Crippen molar-refractivity contribution in [2.24, 2.45) is 5.41 Å². The fourth-order valence-electron chi connectivity index (χ4n) is 1.50. The van der Waals surface area contributed by atoms with Crippen LogP contribution in [0.4, 0.5) is 0 Å². The summed E-state index contributed by atoms with van der Waals surface area (Å²) in [6.07, 6.45) is 0. The fourth-order valence-corrected chi connectivity index (χ4v) is 1.93. The van der Waals surface area contributed by atoms with E-state index >= 15 is 0 Å². The van der Waals surface area contributed by atoms with Crippen LogP contribution in [-0.2, 0) is 4.79 Å². The van der Waals surface area contributed by atoms with Gasteiger partial charge in [0, 0.05) is 10.0 Å². The van der Waals surface area contributed by atoms with Gasteiger partial charge in [-0.3, -0.25) is 4.79 Å². The van der Waals surface area contributed by atoms with E-state index in [1.807, 2.05) is 0 Å². The molecule has 0 radical (unpaired) electrons. The lowest BCUT2D eigenvalue weighted by Gasteiger charge is -2.27. The van der Waals surface area contributed by atoms with E-state index in [9.17, 15) is 9.59 Å². The van der Waals surface area contributed by atoms with Crippen LogP contribution in [0.2, 0.25) is 5.02 Å². The number of halogens is 2. The Morgan fingerprint density at radius 1 is 1.37 bits per heavy atom. The van der Waals surface area contributed by atoms with Crippen molar-refractivity contribution in [3.05, 3.63) is 33.3 Å². The van der Waals surface area contributed by atoms with E-state index in [-0.39, 0.29) is 0 Å². The van der Waals surface area contributed by atoms with Crippen molar-refractivity contribution in [3.8, 4) is 0 Å². The Hall–Kier alpha value is -1.07. The van der Waals surface area contributed by atoms with E-state index in [2.05, 4.69) is 21.2 Å². The number of carbonyl (C=O) groups is 2. The van der Waals surface area contributed by atoms with Gasteiger partial charge in [0.15, 0.2) is 0 Å². The predicted octanol–water partition coefficient (Wildman–Crippen LogP) is 3.33. The predicted molar refractivity (Wildman–Crippen MR) is 77.5 cm³/mol. The monoisotopic (exact) mass is 347 g/mol. The molecule has 0 aromatic heterocycles. The summed E-state index contributed by atoms with van der Waals surface area (Å²) in [5, 5.41) is 12.1. The third kappa shape index (κ3) is 4.21. The van der Waals surface area contributed by atoms with Crippen LogP contribution in [0.5, 0.6) is 0 Å². The highest BCUT2D eigenvalue weighted by Crippen LogP contribution is 2.24. The third-order valence-electron chi connectivity index (χ3n) is 2.57. The fraction of sp³-hybridized carbons (Fsp3) is 0.385. The highest BCUT2D eigenvalue weighted by Gasteiger charge is 2.32. The maximum atomic E-state index is 12.0. The summed E-state index contributed by atoms with van der Waals surface area (Å²) in [5.74, 6) is -1.53. The summed E-state index contributed by atoms with van der Waals surface area (Å²) in [5.41, 5.74) is -0.260. The lowest BCUT2D eigenvalue weighted by Crippen LogP contribution is -2.49. The number of benzene rings is 1. The van der Waals surface area contributed by atoms with Crippen molar-refractivity contribution in [1.29, 1.82) is 0 Å². The zero-order chi connectivity index (χ0) is 14.8. The zero-order valence-electron chi connectivity index (χ0n) is 10.8. The minimum Gasteiger partial charge on any atom is -0.480 e. The molecule has 0 aliphatic rings. The van der Waals surface area contributed by atoms with Crippen LogP contribution in [-0.4, -0.2) is 23.0 Å². The molecule has 1 atom stereocenters. The van der Waals surface area contributed by atoms with Crippen molar-refractivity contribution in [2.45, 2.75) is 26.8 Å². The first-order chi connectivity index (χ1) is 8.62. The summed E-state index contributed by atoms with van der Waals surface area (Å²) in [4.78, 5) is 23.2. The SMILES string of the molecule is CC(C)(C)[C@H](NC(=O)c1ccc(Br)c(Cl)c1)C(=O)O. The molecular weight excluding hydrogens is 334 g/mol. The van der Waals surface area contributed by atoms with Crippen LogP contribution in [0.15, 0.2) is 22.7 Å². The molecule has 0 saturated heterocycles. The van der Waals surface area contributed by atoms with E-state index in [1.54, 1.807) is 32.9 Å². The van der Waals surface area contributed by atoms with Gasteiger partial charge in [-0.1, -0.05) is 32.4 Å². The van der Waals surface area contributed by atoms with Crippen molar-refractivity contribution in [2.75, 3.05) is 0 Å². The Kier molecular flexibility index (Phi) is 4.98. The highest BCUT2D eigenvalue weighted by atomic mass is 79.9. The van der Waals surface area contributed by atoms with Crippen LogP contribution in [0, 0.1) is 5.41 Å². The van der Waals surface area contributed by atoms with Gasteiger partial charge in [-0.2, -0.15) is 0 Å². The summed E-state index contributed by atoms with van der Waals surface area (Å²) < 4.78 is 0.677. The smallest absolute Gasteiger partial charge is 0.326 e. The second-order valence-corrected chi connectivity index (χ2v) is 6.50. The van der Waals surface area contributed by atoms with Crippen LogP contribution in [0.25, 0.3) is 0 Å². The molecule has 2 N–H and O–H groups in total. The maximum Gasteiger partial charge on any atom is 0.326 e. The molecule has 1 aromatic rings. The molecule has 0 bridgehead atoms. The molecule has 1 aromatic carbocycles. The van der Waals surface area contributed by atoms with Crippen molar-refractivity contribution in [3.63, 3.8) is 0 Å². The molecule has 0 heterocycles. The van der Waals surface area contributed by atoms with E-state index in [1.165, 1.54) is 6.07 Å². The molecular formula is C13H15BrClNO3. The van der Waals surface area contributed by atoms with Crippen molar-refractivity contribution < 1.29 is 14.7 Å². The summed E-state index contributed by atoms with van der Waals surface area (Å²) in [6.45, 7) is 5.25. The molecule has 0 aliphatic heterocycles. The number of carbonyl (C=O) groups excluding carboxylic acids is 1. The standard InChI is InChI=1S/C13H15BrClNO3/c1-13(2,3)10(12(18)19)16-11(17)7-4-5-8(14)9(15)6-7/h4-6,10H,1-3H3,(H,16,17)(H,18,19)/t10-/m1/s1. The molecule has 6 heteroatoms. The van der Waals surface area contributed by atoms with Gasteiger partial charge in [0.05, 0.1) is 5.02 Å². The van der Waals surface area contributed by atoms with E-state index in [4.69, 9.17) is 16.7 Å². The van der Waals surface area contributed by atoms with Crippen LogP contribution >= 0.6 is 27.5 Å². The summed E-state index contributed by atoms with van der Waals surface area (Å²) >= 11 is 9.13. The Balaban J connectivity index is 2.94. The molecule has 19 heavy (non-hydrogen) atoms. The zero-order valence-corrected chi connectivity index (χ0v) is 13.2. The number of hydrogen-bond donors (Lipinski definition) is 2.